The minimum absolute atomic E-state index is 0.0318. The molecule has 7 heteroatoms. The van der Waals surface area contributed by atoms with Crippen LogP contribution in [0.1, 0.15) is 13.8 Å². The van der Waals surface area contributed by atoms with Gasteiger partial charge in [0.25, 0.3) is 0 Å². The van der Waals surface area contributed by atoms with Gasteiger partial charge in [-0.05, 0) is 26.0 Å². The van der Waals surface area contributed by atoms with Crippen LogP contribution in [0.3, 0.4) is 0 Å². The molecule has 0 spiro atoms. The molecule has 0 aliphatic heterocycles. The van der Waals surface area contributed by atoms with Gasteiger partial charge in [-0.3, -0.25) is 0 Å². The number of carbonyl (C=O) groups excluding carboxylic acids is 1. The van der Waals surface area contributed by atoms with Gasteiger partial charge in [0.15, 0.2) is 11.5 Å². The third-order valence-electron chi connectivity index (χ3n) is 3.80. The number of aliphatic hydroxyl groups is 1. The number of rotatable bonds is 4. The number of benzene rings is 2. The lowest BCUT2D eigenvalue weighted by Crippen LogP contribution is -2.23. The van der Waals surface area contributed by atoms with Gasteiger partial charge in [0, 0.05) is 10.8 Å². The zero-order chi connectivity index (χ0) is 18.1. The monoisotopic (exact) mass is 341 g/mol. The molecule has 1 aromatic heterocycles. The van der Waals surface area contributed by atoms with Crippen molar-refractivity contribution in [2.24, 2.45) is 0 Å². The summed E-state index contributed by atoms with van der Waals surface area (Å²) in [6.07, 6.45) is -1.30. The summed E-state index contributed by atoms with van der Waals surface area (Å²) in [5.74, 6) is -0.569. The number of hydrogen-bond donors (Lipinski definition) is 3. The number of anilines is 2. The molecular weight excluding hydrogens is 322 g/mol. The maximum atomic E-state index is 11.9. The van der Waals surface area contributed by atoms with Crippen LogP contribution in [0.5, 0.6) is 11.5 Å². The molecule has 25 heavy (non-hydrogen) atoms. The molecule has 3 rings (SSSR count). The number of pyridine rings is 1. The van der Waals surface area contributed by atoms with Gasteiger partial charge in [0.2, 0.25) is 0 Å². The van der Waals surface area contributed by atoms with Crippen LogP contribution in [0.15, 0.2) is 30.3 Å². The highest BCUT2D eigenvalue weighted by Gasteiger charge is 2.23. The van der Waals surface area contributed by atoms with Gasteiger partial charge in [-0.2, -0.15) is 0 Å². The smallest absolute Gasteiger partial charge is 0.340 e. The summed E-state index contributed by atoms with van der Waals surface area (Å²) in [6.45, 7) is 3.44. The van der Waals surface area contributed by atoms with Crippen molar-refractivity contribution in [3.05, 3.63) is 30.3 Å². The molecule has 1 unspecified atom stereocenters. The Morgan fingerprint density at radius 1 is 1.24 bits per heavy atom. The molecule has 2 aromatic carbocycles. The summed E-state index contributed by atoms with van der Waals surface area (Å²) >= 11 is 0. The number of aromatic nitrogens is 1. The molecular formula is C18H19N3O4. The van der Waals surface area contributed by atoms with E-state index in [4.69, 9.17) is 20.9 Å². The second-order valence-electron chi connectivity index (χ2n) is 5.59. The van der Waals surface area contributed by atoms with Gasteiger partial charge in [-0.25, -0.2) is 9.78 Å². The average Bonchev–Trinajstić information content (AvgIpc) is 2.60. The van der Waals surface area contributed by atoms with Gasteiger partial charge in [-0.1, -0.05) is 18.2 Å². The maximum Gasteiger partial charge on any atom is 0.340 e. The highest BCUT2D eigenvalue weighted by molar-refractivity contribution is 6.08. The fourth-order valence-corrected chi connectivity index (χ4v) is 2.58. The summed E-state index contributed by atoms with van der Waals surface area (Å²) in [7, 11) is 0. The largest absolute Gasteiger partial charge is 0.489 e. The fourth-order valence-electron chi connectivity index (χ4n) is 2.58. The van der Waals surface area contributed by atoms with Crippen LogP contribution in [-0.4, -0.2) is 28.8 Å². The summed E-state index contributed by atoms with van der Waals surface area (Å²) in [5, 5.41) is 10.9. The number of para-hydroxylation sites is 1. The Balaban J connectivity index is 2.36. The predicted molar refractivity (Wildman–Crippen MR) is 96.6 cm³/mol. The molecule has 0 fully saturated rings. The zero-order valence-electron chi connectivity index (χ0n) is 13.9. The number of carbonyl (C=O) groups is 1. The number of aliphatic hydroxyl groups excluding tert-OH is 1. The molecule has 0 saturated carbocycles. The van der Waals surface area contributed by atoms with Crippen molar-refractivity contribution >= 4 is 39.1 Å². The molecule has 0 bridgehead atoms. The lowest BCUT2D eigenvalue weighted by molar-refractivity contribution is -0.142. The molecule has 0 saturated heterocycles. The van der Waals surface area contributed by atoms with Crippen molar-refractivity contribution in [3.63, 3.8) is 0 Å². The van der Waals surface area contributed by atoms with Crippen LogP contribution >= 0.6 is 0 Å². The Morgan fingerprint density at radius 3 is 2.64 bits per heavy atom. The van der Waals surface area contributed by atoms with Crippen molar-refractivity contribution in [3.8, 4) is 11.5 Å². The molecule has 7 nitrogen and oxygen atoms in total. The van der Waals surface area contributed by atoms with E-state index in [0.717, 1.165) is 5.39 Å². The number of ether oxygens (including phenoxy) is 2. The third-order valence-corrected chi connectivity index (χ3v) is 3.80. The molecule has 5 N–H and O–H groups in total. The number of nitrogen functional groups attached to an aromatic ring is 2. The van der Waals surface area contributed by atoms with Crippen LogP contribution in [0, 0.1) is 0 Å². The second-order valence-corrected chi connectivity index (χ2v) is 5.59. The topological polar surface area (TPSA) is 121 Å². The van der Waals surface area contributed by atoms with E-state index in [-0.39, 0.29) is 17.2 Å². The fraction of sp³-hybridized carbons (Fsp3) is 0.222. The first-order valence-corrected chi connectivity index (χ1v) is 7.87. The third kappa shape index (κ3) is 2.89. The predicted octanol–water partition coefficient (Wildman–Crippen LogP) is 2.24. The number of esters is 1. The zero-order valence-corrected chi connectivity index (χ0v) is 13.9. The molecule has 3 aromatic rings. The average molecular weight is 341 g/mol. The normalized spacial score (nSPS) is 12.3. The molecule has 0 aliphatic carbocycles. The van der Waals surface area contributed by atoms with Crippen molar-refractivity contribution in [1.82, 2.24) is 4.98 Å². The molecule has 0 amide bonds. The standard InChI is InChI=1S/C18H19N3O4/c1-3-24-16-13(19)11-8-10-6-4-5-7-12(10)21-15(11)17(14(16)20)25-18(23)9(2)22/h4-9,22H,3,19-20H2,1-2H3. The van der Waals surface area contributed by atoms with E-state index in [2.05, 4.69) is 4.98 Å². The van der Waals surface area contributed by atoms with Crippen LogP contribution in [0.25, 0.3) is 21.8 Å². The Morgan fingerprint density at radius 2 is 1.96 bits per heavy atom. The van der Waals surface area contributed by atoms with E-state index in [1.807, 2.05) is 30.3 Å². The van der Waals surface area contributed by atoms with E-state index in [1.54, 1.807) is 6.92 Å². The van der Waals surface area contributed by atoms with Crippen molar-refractivity contribution in [2.45, 2.75) is 20.0 Å². The molecule has 0 aliphatic rings. The van der Waals surface area contributed by atoms with E-state index < -0.39 is 12.1 Å². The summed E-state index contributed by atoms with van der Waals surface area (Å²) in [5.41, 5.74) is 13.8. The summed E-state index contributed by atoms with van der Waals surface area (Å²) in [4.78, 5) is 16.4. The van der Waals surface area contributed by atoms with Gasteiger partial charge < -0.3 is 26.0 Å². The number of hydrogen-bond acceptors (Lipinski definition) is 7. The second kappa shape index (κ2) is 6.45. The number of nitrogens with zero attached hydrogens (tertiary/aromatic N) is 1. The van der Waals surface area contributed by atoms with Crippen molar-refractivity contribution in [2.75, 3.05) is 18.1 Å². The Labute approximate surface area is 144 Å². The van der Waals surface area contributed by atoms with Gasteiger partial charge in [-0.15, -0.1) is 0 Å². The molecule has 0 radical (unpaired) electrons. The Hall–Kier alpha value is -3.06. The van der Waals surface area contributed by atoms with E-state index in [9.17, 15) is 9.90 Å². The lowest BCUT2D eigenvalue weighted by atomic mass is 10.1. The highest BCUT2D eigenvalue weighted by Crippen LogP contribution is 2.45. The minimum Gasteiger partial charge on any atom is -0.489 e. The van der Waals surface area contributed by atoms with Crippen LogP contribution < -0.4 is 20.9 Å². The van der Waals surface area contributed by atoms with Crippen LogP contribution in [0.2, 0.25) is 0 Å². The molecule has 130 valence electrons. The van der Waals surface area contributed by atoms with Crippen molar-refractivity contribution in [1.29, 1.82) is 0 Å². The SMILES string of the molecule is CCOc1c(N)c(OC(=O)C(C)O)c2nc3ccccc3cc2c1N. The lowest BCUT2D eigenvalue weighted by Gasteiger charge is -2.18. The van der Waals surface area contributed by atoms with E-state index >= 15 is 0 Å². The first-order valence-electron chi connectivity index (χ1n) is 7.87. The molecule has 1 atom stereocenters. The first-order chi connectivity index (χ1) is 11.9. The van der Waals surface area contributed by atoms with E-state index in [0.29, 0.717) is 28.7 Å². The number of nitrogens with two attached hydrogens (primary N) is 2. The summed E-state index contributed by atoms with van der Waals surface area (Å²) < 4.78 is 10.8. The molecule has 1 heterocycles. The van der Waals surface area contributed by atoms with Crippen LogP contribution in [0.4, 0.5) is 11.4 Å². The van der Waals surface area contributed by atoms with Crippen LogP contribution in [-0.2, 0) is 4.79 Å². The van der Waals surface area contributed by atoms with Crippen molar-refractivity contribution < 1.29 is 19.4 Å². The minimum atomic E-state index is -1.30. The van der Waals surface area contributed by atoms with Gasteiger partial charge in [0.05, 0.1) is 17.8 Å². The Kier molecular flexibility index (Phi) is 4.33. The maximum absolute atomic E-state index is 11.9. The van der Waals surface area contributed by atoms with Gasteiger partial charge >= 0.3 is 5.97 Å². The first kappa shape index (κ1) is 16.8. The van der Waals surface area contributed by atoms with Gasteiger partial charge in [0.1, 0.15) is 17.3 Å². The quantitative estimate of drug-likeness (QED) is 0.288. The van der Waals surface area contributed by atoms with E-state index in [1.165, 1.54) is 6.92 Å². The highest BCUT2D eigenvalue weighted by atomic mass is 16.6. The number of fused-ring (bicyclic) bond motifs is 2. The summed E-state index contributed by atoms with van der Waals surface area (Å²) in [6, 6.07) is 9.32. The Bertz CT molecular complexity index is 970.